The molecule has 1 aromatic carbocycles. The predicted molar refractivity (Wildman–Crippen MR) is 77.5 cm³/mol. The number of hydrogen-bond acceptors (Lipinski definition) is 3. The van der Waals surface area contributed by atoms with Gasteiger partial charge in [-0.3, -0.25) is 0 Å². The average Bonchev–Trinajstić information content (AvgIpc) is 2.45. The Bertz CT molecular complexity index is 436. The molecule has 0 spiro atoms. The molecule has 3 heteroatoms. The summed E-state index contributed by atoms with van der Waals surface area (Å²) in [5, 5.41) is 20.1. The van der Waals surface area contributed by atoms with Gasteiger partial charge >= 0.3 is 0 Å². The van der Waals surface area contributed by atoms with Crippen molar-refractivity contribution in [1.82, 2.24) is 0 Å². The van der Waals surface area contributed by atoms with Crippen molar-refractivity contribution < 1.29 is 10.2 Å². The molecule has 4 N–H and O–H groups in total. The lowest BCUT2D eigenvalue weighted by molar-refractivity contribution is 0.0521. The summed E-state index contributed by atoms with van der Waals surface area (Å²) in [6.45, 7) is 0.219. The highest BCUT2D eigenvalue weighted by molar-refractivity contribution is 5.52. The van der Waals surface area contributed by atoms with Crippen LogP contribution in [0.15, 0.2) is 30.3 Å². The number of aliphatic hydroxyl groups excluding tert-OH is 1. The summed E-state index contributed by atoms with van der Waals surface area (Å²) in [7, 11) is 0. The first-order chi connectivity index (χ1) is 9.13. The molecule has 1 aliphatic rings. The summed E-state index contributed by atoms with van der Waals surface area (Å²) >= 11 is 0. The van der Waals surface area contributed by atoms with E-state index in [1.807, 2.05) is 36.4 Å². The van der Waals surface area contributed by atoms with Crippen LogP contribution >= 0.6 is 0 Å². The maximum atomic E-state index is 10.4. The molecule has 1 atom stereocenters. The van der Waals surface area contributed by atoms with E-state index in [2.05, 4.69) is 0 Å². The summed E-state index contributed by atoms with van der Waals surface area (Å²) in [6, 6.07) is 7.65. The van der Waals surface area contributed by atoms with E-state index in [0.29, 0.717) is 0 Å². The van der Waals surface area contributed by atoms with E-state index in [-0.39, 0.29) is 6.54 Å². The highest BCUT2D eigenvalue weighted by Gasteiger charge is 2.25. The fourth-order valence-corrected chi connectivity index (χ4v) is 2.59. The van der Waals surface area contributed by atoms with Crippen LogP contribution in [-0.2, 0) is 0 Å². The largest absolute Gasteiger partial charge is 0.387 e. The second-order valence-corrected chi connectivity index (χ2v) is 5.42. The van der Waals surface area contributed by atoms with Gasteiger partial charge in [-0.2, -0.15) is 0 Å². The van der Waals surface area contributed by atoms with Gasteiger partial charge in [0.2, 0.25) is 0 Å². The van der Waals surface area contributed by atoms with Crippen LogP contribution in [0.3, 0.4) is 0 Å². The summed E-state index contributed by atoms with van der Waals surface area (Å²) in [6.07, 6.45) is 8.31. The maximum absolute atomic E-state index is 10.4. The van der Waals surface area contributed by atoms with Gasteiger partial charge in [0.25, 0.3) is 0 Å². The van der Waals surface area contributed by atoms with E-state index in [1.165, 1.54) is 6.42 Å². The SMILES string of the molecule is NCC(O)c1cccc(/C=C/C2(O)CCCCC2)c1. The summed E-state index contributed by atoms with van der Waals surface area (Å²) in [4.78, 5) is 0. The molecule has 1 fully saturated rings. The zero-order chi connectivity index (χ0) is 13.7. The molecule has 0 saturated heterocycles. The van der Waals surface area contributed by atoms with Gasteiger partial charge in [0.1, 0.15) is 0 Å². The van der Waals surface area contributed by atoms with E-state index >= 15 is 0 Å². The fraction of sp³-hybridized carbons (Fsp3) is 0.500. The molecule has 1 aromatic rings. The molecule has 0 aliphatic heterocycles. The highest BCUT2D eigenvalue weighted by Crippen LogP contribution is 2.29. The van der Waals surface area contributed by atoms with Crippen molar-refractivity contribution >= 4 is 6.08 Å². The second kappa shape index (κ2) is 6.33. The third kappa shape index (κ3) is 3.90. The first kappa shape index (κ1) is 14.3. The van der Waals surface area contributed by atoms with E-state index in [0.717, 1.165) is 36.8 Å². The molecule has 2 rings (SSSR count). The average molecular weight is 261 g/mol. The molecule has 0 radical (unpaired) electrons. The number of hydrogen-bond donors (Lipinski definition) is 3. The fourth-order valence-electron chi connectivity index (χ4n) is 2.59. The minimum atomic E-state index is -0.652. The first-order valence-corrected chi connectivity index (χ1v) is 7.03. The van der Waals surface area contributed by atoms with Crippen molar-refractivity contribution in [2.45, 2.75) is 43.8 Å². The van der Waals surface area contributed by atoms with E-state index in [9.17, 15) is 10.2 Å². The number of aliphatic hydroxyl groups is 2. The molecule has 1 unspecified atom stereocenters. The van der Waals surface area contributed by atoms with Crippen molar-refractivity contribution in [3.63, 3.8) is 0 Å². The standard InChI is InChI=1S/C16H23NO2/c17-12-15(18)14-6-4-5-13(11-14)7-10-16(19)8-2-1-3-9-16/h4-7,10-11,15,18-19H,1-3,8-9,12,17H2/b10-7+. The predicted octanol–water partition coefficient (Wildman–Crippen LogP) is 2.39. The Labute approximate surface area is 114 Å². The van der Waals surface area contributed by atoms with Crippen LogP contribution in [-0.4, -0.2) is 22.4 Å². The summed E-state index contributed by atoms with van der Waals surface area (Å²) in [5.41, 5.74) is 6.62. The number of rotatable bonds is 4. The van der Waals surface area contributed by atoms with Crippen LogP contribution < -0.4 is 5.73 Å². The van der Waals surface area contributed by atoms with Crippen molar-refractivity contribution in [2.24, 2.45) is 5.73 Å². The molecule has 0 aromatic heterocycles. The van der Waals surface area contributed by atoms with Crippen molar-refractivity contribution in [2.75, 3.05) is 6.54 Å². The minimum absolute atomic E-state index is 0.219. The zero-order valence-corrected chi connectivity index (χ0v) is 11.3. The van der Waals surface area contributed by atoms with Gasteiger partial charge in [-0.25, -0.2) is 0 Å². The molecular weight excluding hydrogens is 238 g/mol. The smallest absolute Gasteiger partial charge is 0.0912 e. The normalized spacial score (nSPS) is 20.6. The first-order valence-electron chi connectivity index (χ1n) is 7.03. The van der Waals surface area contributed by atoms with Crippen LogP contribution in [0.1, 0.15) is 49.3 Å². The van der Waals surface area contributed by atoms with Crippen LogP contribution in [0, 0.1) is 0 Å². The van der Waals surface area contributed by atoms with Crippen LogP contribution in [0.4, 0.5) is 0 Å². The van der Waals surface area contributed by atoms with Crippen LogP contribution in [0.5, 0.6) is 0 Å². The third-order valence-electron chi connectivity index (χ3n) is 3.82. The lowest BCUT2D eigenvalue weighted by atomic mass is 9.84. The van der Waals surface area contributed by atoms with Gasteiger partial charge in [0.05, 0.1) is 11.7 Å². The highest BCUT2D eigenvalue weighted by atomic mass is 16.3. The molecule has 19 heavy (non-hydrogen) atoms. The topological polar surface area (TPSA) is 66.5 Å². The van der Waals surface area contributed by atoms with Crippen LogP contribution in [0.25, 0.3) is 6.08 Å². The molecule has 0 amide bonds. The second-order valence-electron chi connectivity index (χ2n) is 5.42. The van der Waals surface area contributed by atoms with Gasteiger partial charge in [-0.15, -0.1) is 0 Å². The van der Waals surface area contributed by atoms with Crippen molar-refractivity contribution in [1.29, 1.82) is 0 Å². The van der Waals surface area contributed by atoms with Gasteiger partial charge < -0.3 is 15.9 Å². The van der Waals surface area contributed by atoms with Crippen molar-refractivity contribution in [3.8, 4) is 0 Å². The quantitative estimate of drug-likeness (QED) is 0.779. The minimum Gasteiger partial charge on any atom is -0.387 e. The van der Waals surface area contributed by atoms with Gasteiger partial charge in [0, 0.05) is 6.54 Å². The maximum Gasteiger partial charge on any atom is 0.0912 e. The van der Waals surface area contributed by atoms with E-state index < -0.39 is 11.7 Å². The Hall–Kier alpha value is -1.16. The molecule has 3 nitrogen and oxygen atoms in total. The summed E-state index contributed by atoms with van der Waals surface area (Å²) < 4.78 is 0. The third-order valence-corrected chi connectivity index (χ3v) is 3.82. The van der Waals surface area contributed by atoms with Crippen LogP contribution in [0.2, 0.25) is 0 Å². The molecular formula is C16H23NO2. The van der Waals surface area contributed by atoms with E-state index in [4.69, 9.17) is 5.73 Å². The number of benzene rings is 1. The summed E-state index contributed by atoms with van der Waals surface area (Å²) in [5.74, 6) is 0. The Morgan fingerprint density at radius 1 is 1.26 bits per heavy atom. The molecule has 1 saturated carbocycles. The molecule has 0 heterocycles. The van der Waals surface area contributed by atoms with Gasteiger partial charge in [-0.1, -0.05) is 49.6 Å². The van der Waals surface area contributed by atoms with Gasteiger partial charge in [0.15, 0.2) is 0 Å². The Balaban J connectivity index is 2.09. The molecule has 0 bridgehead atoms. The molecule has 104 valence electrons. The lowest BCUT2D eigenvalue weighted by Crippen LogP contribution is -2.28. The van der Waals surface area contributed by atoms with Crippen molar-refractivity contribution in [3.05, 3.63) is 41.5 Å². The Morgan fingerprint density at radius 3 is 2.68 bits per heavy atom. The Morgan fingerprint density at radius 2 is 2.00 bits per heavy atom. The number of nitrogens with two attached hydrogens (primary N) is 1. The molecule has 1 aliphatic carbocycles. The Kier molecular flexibility index (Phi) is 4.75. The zero-order valence-electron chi connectivity index (χ0n) is 11.3. The lowest BCUT2D eigenvalue weighted by Gasteiger charge is -2.28. The monoisotopic (exact) mass is 261 g/mol. The van der Waals surface area contributed by atoms with E-state index in [1.54, 1.807) is 0 Å². The van der Waals surface area contributed by atoms with Gasteiger partial charge in [-0.05, 0) is 30.0 Å².